The number of nitrogens with zero attached hydrogens (tertiary/aromatic N) is 1. The van der Waals surface area contributed by atoms with Gasteiger partial charge in [-0.25, -0.2) is 0 Å². The molecule has 0 aliphatic heterocycles. The number of hydrogen-bond donors (Lipinski definition) is 1. The highest BCUT2D eigenvalue weighted by Crippen LogP contribution is 2.44. The molecular formula is C13H21NO3. The van der Waals surface area contributed by atoms with E-state index in [4.69, 9.17) is 5.11 Å². The van der Waals surface area contributed by atoms with Crippen LogP contribution in [-0.2, 0) is 9.59 Å². The Hall–Kier alpha value is -1.06. The number of carbonyl (C=O) groups excluding carboxylic acids is 1. The minimum Gasteiger partial charge on any atom is -0.481 e. The lowest BCUT2D eigenvalue weighted by Gasteiger charge is -2.29. The molecule has 4 nitrogen and oxygen atoms in total. The quantitative estimate of drug-likeness (QED) is 0.798. The number of carboxylic acid groups (broad SMARTS) is 1. The van der Waals surface area contributed by atoms with Gasteiger partial charge in [0.2, 0.25) is 5.91 Å². The van der Waals surface area contributed by atoms with Gasteiger partial charge in [0.15, 0.2) is 0 Å². The standard InChI is InChI=1S/C13H21NO3/c1-14(10-4-5-10)11(15)8-13(9-12(16)17)6-2-3-7-13/h10H,2-9H2,1H3,(H,16,17). The minimum atomic E-state index is -0.770. The summed E-state index contributed by atoms with van der Waals surface area (Å²) < 4.78 is 0. The van der Waals surface area contributed by atoms with Gasteiger partial charge in [-0.05, 0) is 31.1 Å². The number of rotatable bonds is 5. The zero-order valence-electron chi connectivity index (χ0n) is 10.4. The van der Waals surface area contributed by atoms with E-state index in [0.29, 0.717) is 12.5 Å². The Bertz CT molecular complexity index is 317. The first kappa shape index (κ1) is 12.4. The van der Waals surface area contributed by atoms with Crippen molar-refractivity contribution in [2.75, 3.05) is 7.05 Å². The minimum absolute atomic E-state index is 0.135. The maximum absolute atomic E-state index is 12.1. The fourth-order valence-electron chi connectivity index (χ4n) is 2.97. The SMILES string of the molecule is CN(C(=O)CC1(CC(=O)O)CCCC1)C1CC1. The molecule has 0 radical (unpaired) electrons. The van der Waals surface area contributed by atoms with Crippen LogP contribution in [0.1, 0.15) is 51.4 Å². The second-order valence-corrected chi connectivity index (χ2v) is 5.69. The monoisotopic (exact) mass is 239 g/mol. The van der Waals surface area contributed by atoms with Gasteiger partial charge in [-0.2, -0.15) is 0 Å². The summed E-state index contributed by atoms with van der Waals surface area (Å²) in [4.78, 5) is 24.9. The summed E-state index contributed by atoms with van der Waals surface area (Å²) >= 11 is 0. The van der Waals surface area contributed by atoms with Crippen LogP contribution in [0.4, 0.5) is 0 Å². The Balaban J connectivity index is 1.96. The summed E-state index contributed by atoms with van der Waals surface area (Å²) in [6.45, 7) is 0. The van der Waals surface area contributed by atoms with Crippen molar-refractivity contribution in [3.05, 3.63) is 0 Å². The number of carbonyl (C=O) groups is 2. The van der Waals surface area contributed by atoms with E-state index in [-0.39, 0.29) is 17.7 Å². The van der Waals surface area contributed by atoms with Crippen LogP contribution in [0, 0.1) is 5.41 Å². The van der Waals surface area contributed by atoms with Gasteiger partial charge >= 0.3 is 5.97 Å². The van der Waals surface area contributed by atoms with Gasteiger partial charge < -0.3 is 10.0 Å². The lowest BCUT2D eigenvalue weighted by Crippen LogP contribution is -2.34. The second-order valence-electron chi connectivity index (χ2n) is 5.69. The maximum Gasteiger partial charge on any atom is 0.303 e. The van der Waals surface area contributed by atoms with Crippen LogP contribution < -0.4 is 0 Å². The van der Waals surface area contributed by atoms with E-state index < -0.39 is 5.97 Å². The molecule has 0 atom stereocenters. The molecular weight excluding hydrogens is 218 g/mol. The van der Waals surface area contributed by atoms with E-state index in [1.54, 1.807) is 0 Å². The van der Waals surface area contributed by atoms with Gasteiger partial charge in [0.1, 0.15) is 0 Å². The molecule has 17 heavy (non-hydrogen) atoms. The normalized spacial score (nSPS) is 22.4. The van der Waals surface area contributed by atoms with Gasteiger partial charge in [-0.15, -0.1) is 0 Å². The largest absolute Gasteiger partial charge is 0.481 e. The Morgan fingerprint density at radius 3 is 2.29 bits per heavy atom. The lowest BCUT2D eigenvalue weighted by atomic mass is 9.79. The lowest BCUT2D eigenvalue weighted by molar-refractivity contribution is -0.141. The number of hydrogen-bond acceptors (Lipinski definition) is 2. The fraction of sp³-hybridized carbons (Fsp3) is 0.846. The first-order valence-electron chi connectivity index (χ1n) is 6.50. The summed E-state index contributed by atoms with van der Waals surface area (Å²) in [5, 5.41) is 8.99. The van der Waals surface area contributed by atoms with E-state index in [2.05, 4.69) is 0 Å². The van der Waals surface area contributed by atoms with Gasteiger partial charge in [0.25, 0.3) is 0 Å². The van der Waals surface area contributed by atoms with Crippen LogP contribution >= 0.6 is 0 Å². The van der Waals surface area contributed by atoms with Crippen molar-refractivity contribution < 1.29 is 14.7 Å². The summed E-state index contributed by atoms with van der Waals surface area (Å²) in [6.07, 6.45) is 6.69. The van der Waals surface area contributed by atoms with Gasteiger partial charge in [0, 0.05) is 19.5 Å². The molecule has 0 unspecified atom stereocenters. The molecule has 2 saturated carbocycles. The Morgan fingerprint density at radius 2 is 1.82 bits per heavy atom. The van der Waals surface area contributed by atoms with Crippen LogP contribution in [-0.4, -0.2) is 35.0 Å². The molecule has 2 fully saturated rings. The average Bonchev–Trinajstić information content (AvgIpc) is 3.00. The fourth-order valence-corrected chi connectivity index (χ4v) is 2.97. The summed E-state index contributed by atoms with van der Waals surface area (Å²) in [5.74, 6) is -0.635. The third-order valence-corrected chi connectivity index (χ3v) is 4.20. The summed E-state index contributed by atoms with van der Waals surface area (Å²) in [7, 11) is 1.85. The zero-order valence-corrected chi connectivity index (χ0v) is 10.4. The molecule has 0 saturated heterocycles. The first-order chi connectivity index (χ1) is 8.02. The average molecular weight is 239 g/mol. The predicted octanol–water partition coefficient (Wildman–Crippen LogP) is 2.03. The van der Waals surface area contributed by atoms with Crippen LogP contribution in [0.5, 0.6) is 0 Å². The van der Waals surface area contributed by atoms with Gasteiger partial charge in [0.05, 0.1) is 6.42 Å². The molecule has 2 rings (SSSR count). The molecule has 1 N–H and O–H groups in total. The Labute approximate surface area is 102 Å². The molecule has 0 bridgehead atoms. The molecule has 0 spiro atoms. The first-order valence-corrected chi connectivity index (χ1v) is 6.50. The van der Waals surface area contributed by atoms with Crippen molar-refractivity contribution in [2.24, 2.45) is 5.41 Å². The van der Waals surface area contributed by atoms with Crippen molar-refractivity contribution in [3.63, 3.8) is 0 Å². The summed E-state index contributed by atoms with van der Waals surface area (Å²) in [6, 6.07) is 0.422. The maximum atomic E-state index is 12.1. The van der Waals surface area contributed by atoms with Crippen molar-refractivity contribution in [1.29, 1.82) is 0 Å². The third kappa shape index (κ3) is 2.99. The Morgan fingerprint density at radius 1 is 1.24 bits per heavy atom. The van der Waals surface area contributed by atoms with E-state index >= 15 is 0 Å². The van der Waals surface area contributed by atoms with E-state index in [1.165, 1.54) is 0 Å². The van der Waals surface area contributed by atoms with Crippen molar-refractivity contribution >= 4 is 11.9 Å². The molecule has 96 valence electrons. The summed E-state index contributed by atoms with van der Waals surface area (Å²) in [5.41, 5.74) is -0.258. The molecule has 0 aromatic heterocycles. The van der Waals surface area contributed by atoms with Crippen LogP contribution in [0.25, 0.3) is 0 Å². The molecule has 0 aromatic carbocycles. The van der Waals surface area contributed by atoms with Crippen LogP contribution in [0.3, 0.4) is 0 Å². The molecule has 0 heterocycles. The Kier molecular flexibility index (Phi) is 3.40. The van der Waals surface area contributed by atoms with E-state index in [1.807, 2.05) is 11.9 Å². The number of carboxylic acids is 1. The zero-order chi connectivity index (χ0) is 12.5. The van der Waals surface area contributed by atoms with Crippen LogP contribution in [0.2, 0.25) is 0 Å². The van der Waals surface area contributed by atoms with Crippen molar-refractivity contribution in [3.8, 4) is 0 Å². The highest BCUT2D eigenvalue weighted by Gasteiger charge is 2.40. The smallest absolute Gasteiger partial charge is 0.303 e. The topological polar surface area (TPSA) is 57.6 Å². The van der Waals surface area contributed by atoms with E-state index in [0.717, 1.165) is 38.5 Å². The number of amides is 1. The highest BCUT2D eigenvalue weighted by atomic mass is 16.4. The van der Waals surface area contributed by atoms with Crippen LogP contribution in [0.15, 0.2) is 0 Å². The van der Waals surface area contributed by atoms with E-state index in [9.17, 15) is 9.59 Å². The predicted molar refractivity (Wildman–Crippen MR) is 63.6 cm³/mol. The molecule has 0 aromatic rings. The van der Waals surface area contributed by atoms with Crippen molar-refractivity contribution in [1.82, 2.24) is 4.90 Å². The number of aliphatic carboxylic acids is 1. The van der Waals surface area contributed by atoms with Gasteiger partial charge in [-0.1, -0.05) is 12.8 Å². The van der Waals surface area contributed by atoms with Gasteiger partial charge in [-0.3, -0.25) is 9.59 Å². The molecule has 2 aliphatic carbocycles. The second kappa shape index (κ2) is 4.67. The molecule has 2 aliphatic rings. The van der Waals surface area contributed by atoms with Crippen molar-refractivity contribution in [2.45, 2.75) is 57.4 Å². The third-order valence-electron chi connectivity index (χ3n) is 4.20. The highest BCUT2D eigenvalue weighted by molar-refractivity contribution is 5.78. The molecule has 1 amide bonds. The molecule has 4 heteroatoms.